The molecule has 1 aliphatic carbocycles. The number of nitrogens with zero attached hydrogens (tertiary/aromatic N) is 1. The molecule has 0 spiro atoms. The number of furan rings is 1. The van der Waals surface area contributed by atoms with Gasteiger partial charge in [0.25, 0.3) is 0 Å². The van der Waals surface area contributed by atoms with Crippen LogP contribution in [0.5, 0.6) is 0 Å². The summed E-state index contributed by atoms with van der Waals surface area (Å²) in [6.45, 7) is 0. The molecule has 1 heterocycles. The molecule has 1 aromatic heterocycles. The van der Waals surface area contributed by atoms with Crippen molar-refractivity contribution in [2.24, 2.45) is 0 Å². The molecule has 2 heteroatoms. The van der Waals surface area contributed by atoms with Gasteiger partial charge in [-0.15, -0.1) is 0 Å². The Balaban J connectivity index is 1.000. The van der Waals surface area contributed by atoms with Crippen molar-refractivity contribution >= 4 is 39.0 Å². The summed E-state index contributed by atoms with van der Waals surface area (Å²) in [5, 5.41) is 2.26. The first kappa shape index (κ1) is 36.6. The molecular weight excluding hydrogens is 763 g/mol. The van der Waals surface area contributed by atoms with Gasteiger partial charge >= 0.3 is 0 Å². The molecule has 12 rings (SSSR count). The molecular formula is C61H41NO. The monoisotopic (exact) mass is 803 g/mol. The van der Waals surface area contributed by atoms with Crippen molar-refractivity contribution in [3.05, 3.63) is 271 Å². The first-order valence-electron chi connectivity index (χ1n) is 21.7. The Morgan fingerprint density at radius 2 is 0.762 bits per heavy atom. The summed E-state index contributed by atoms with van der Waals surface area (Å²) in [5.74, 6) is 0. The molecule has 11 aromatic rings. The number of benzene rings is 10. The van der Waals surface area contributed by atoms with Gasteiger partial charge in [0.05, 0.1) is 5.41 Å². The second kappa shape index (κ2) is 15.1. The maximum Gasteiger partial charge on any atom is 0.143 e. The van der Waals surface area contributed by atoms with Crippen LogP contribution in [-0.2, 0) is 5.41 Å². The normalized spacial score (nSPS) is 12.6. The van der Waals surface area contributed by atoms with Gasteiger partial charge in [-0.2, -0.15) is 0 Å². The average molecular weight is 804 g/mol. The van der Waals surface area contributed by atoms with Crippen LogP contribution in [0.4, 0.5) is 17.1 Å². The molecule has 0 fully saturated rings. The van der Waals surface area contributed by atoms with Crippen LogP contribution in [0.3, 0.4) is 0 Å². The molecule has 0 unspecified atom stereocenters. The van der Waals surface area contributed by atoms with Gasteiger partial charge in [0.2, 0.25) is 0 Å². The van der Waals surface area contributed by atoms with E-state index in [1.165, 1.54) is 55.6 Å². The number of rotatable bonds is 8. The fourth-order valence-electron chi connectivity index (χ4n) is 10.1. The van der Waals surface area contributed by atoms with Crippen molar-refractivity contribution in [3.8, 4) is 44.5 Å². The average Bonchev–Trinajstić information content (AvgIpc) is 3.90. The highest BCUT2D eigenvalue weighted by atomic mass is 16.3. The highest BCUT2D eigenvalue weighted by Crippen LogP contribution is 2.56. The van der Waals surface area contributed by atoms with Crippen molar-refractivity contribution < 1.29 is 4.42 Å². The van der Waals surface area contributed by atoms with E-state index in [1.807, 2.05) is 12.1 Å². The molecule has 10 aromatic carbocycles. The van der Waals surface area contributed by atoms with Crippen molar-refractivity contribution in [2.75, 3.05) is 4.90 Å². The highest BCUT2D eigenvalue weighted by molar-refractivity contribution is 6.09. The molecule has 0 saturated carbocycles. The Bertz CT molecular complexity index is 3370. The van der Waals surface area contributed by atoms with Gasteiger partial charge in [-0.3, -0.25) is 0 Å². The van der Waals surface area contributed by atoms with E-state index < -0.39 is 5.41 Å². The number of hydrogen-bond acceptors (Lipinski definition) is 2. The first-order chi connectivity index (χ1) is 31.2. The zero-order chi connectivity index (χ0) is 41.7. The van der Waals surface area contributed by atoms with E-state index in [-0.39, 0.29) is 0 Å². The second-order valence-electron chi connectivity index (χ2n) is 16.4. The number of anilines is 3. The molecule has 296 valence electrons. The van der Waals surface area contributed by atoms with Gasteiger partial charge in [0.1, 0.15) is 11.2 Å². The Morgan fingerprint density at radius 3 is 1.41 bits per heavy atom. The van der Waals surface area contributed by atoms with E-state index in [0.29, 0.717) is 0 Å². The maximum atomic E-state index is 6.48. The highest BCUT2D eigenvalue weighted by Gasteiger charge is 2.46. The van der Waals surface area contributed by atoms with Crippen LogP contribution < -0.4 is 4.90 Å². The van der Waals surface area contributed by atoms with E-state index in [4.69, 9.17) is 4.42 Å². The number of fused-ring (bicyclic) bond motifs is 6. The first-order valence-corrected chi connectivity index (χ1v) is 21.7. The number of para-hydroxylation sites is 2. The lowest BCUT2D eigenvalue weighted by molar-refractivity contribution is 0.670. The molecule has 0 N–H and O–H groups in total. The minimum Gasteiger partial charge on any atom is -0.455 e. The lowest BCUT2D eigenvalue weighted by Crippen LogP contribution is -2.28. The third kappa shape index (κ3) is 6.02. The summed E-state index contributed by atoms with van der Waals surface area (Å²) in [7, 11) is 0. The predicted molar refractivity (Wildman–Crippen MR) is 262 cm³/mol. The summed E-state index contributed by atoms with van der Waals surface area (Å²) < 4.78 is 6.48. The van der Waals surface area contributed by atoms with Crippen LogP contribution >= 0.6 is 0 Å². The predicted octanol–water partition coefficient (Wildman–Crippen LogP) is 16.4. The SMILES string of the molecule is c1ccc(-c2ccc(-c3ccc(N(c4ccc(-c5cccc6c5oc5ccccc56)cc4)c4cccc(C5(c6ccccc6)c6ccccc6-c6ccccc65)c4)cc3)cc2)cc1. The Hall–Kier alpha value is -8.20. The lowest BCUT2D eigenvalue weighted by atomic mass is 9.67. The van der Waals surface area contributed by atoms with Gasteiger partial charge in [0.15, 0.2) is 0 Å². The van der Waals surface area contributed by atoms with E-state index in [9.17, 15) is 0 Å². The summed E-state index contributed by atoms with van der Waals surface area (Å²) in [6, 6.07) is 90.2. The standard InChI is InChI=1S/C61H41NO/c1-3-15-42(16-4-1)43-29-31-44(32-30-43)45-33-37-49(38-34-45)62(50-39-35-46(36-40-50)52-24-14-25-56-55-23-9-12-28-59(55)63-60(52)56)51-20-13-19-48(41-51)61(47-17-5-2-6-18-47)57-26-10-7-21-53(57)54-22-8-11-27-58(54)61/h1-41H. The van der Waals surface area contributed by atoms with Gasteiger partial charge in [-0.1, -0.05) is 206 Å². The summed E-state index contributed by atoms with van der Waals surface area (Å²) in [5.41, 5.74) is 19.1. The molecule has 0 bridgehead atoms. The van der Waals surface area contributed by atoms with Crippen LogP contribution in [0.15, 0.2) is 253 Å². The van der Waals surface area contributed by atoms with Crippen molar-refractivity contribution in [1.82, 2.24) is 0 Å². The van der Waals surface area contributed by atoms with Crippen LogP contribution in [-0.4, -0.2) is 0 Å². The minimum atomic E-state index is -0.513. The van der Waals surface area contributed by atoms with Gasteiger partial charge in [0, 0.05) is 33.4 Å². The Labute approximate surface area is 367 Å². The smallest absolute Gasteiger partial charge is 0.143 e. The number of hydrogen-bond donors (Lipinski definition) is 0. The Kier molecular flexibility index (Phi) is 8.76. The molecule has 0 aliphatic heterocycles. The summed E-state index contributed by atoms with van der Waals surface area (Å²) in [6.07, 6.45) is 0. The Morgan fingerprint density at radius 1 is 0.302 bits per heavy atom. The molecule has 0 atom stereocenters. The van der Waals surface area contributed by atoms with E-state index >= 15 is 0 Å². The van der Waals surface area contributed by atoms with Crippen molar-refractivity contribution in [2.45, 2.75) is 5.41 Å². The van der Waals surface area contributed by atoms with E-state index in [0.717, 1.165) is 50.1 Å². The minimum absolute atomic E-state index is 0.513. The van der Waals surface area contributed by atoms with Gasteiger partial charge in [-0.05, 0) is 104 Å². The lowest BCUT2D eigenvalue weighted by Gasteiger charge is -2.35. The largest absolute Gasteiger partial charge is 0.455 e. The third-order valence-electron chi connectivity index (χ3n) is 13.0. The van der Waals surface area contributed by atoms with E-state index in [1.54, 1.807) is 0 Å². The fourth-order valence-corrected chi connectivity index (χ4v) is 10.1. The van der Waals surface area contributed by atoms with Crippen molar-refractivity contribution in [3.63, 3.8) is 0 Å². The zero-order valence-corrected chi connectivity index (χ0v) is 34.5. The quantitative estimate of drug-likeness (QED) is 0.152. The third-order valence-corrected chi connectivity index (χ3v) is 13.0. The van der Waals surface area contributed by atoms with Gasteiger partial charge in [-0.25, -0.2) is 0 Å². The van der Waals surface area contributed by atoms with E-state index in [2.05, 4.69) is 241 Å². The van der Waals surface area contributed by atoms with Crippen LogP contribution in [0.1, 0.15) is 22.3 Å². The second-order valence-corrected chi connectivity index (χ2v) is 16.4. The van der Waals surface area contributed by atoms with Crippen LogP contribution in [0.2, 0.25) is 0 Å². The molecule has 63 heavy (non-hydrogen) atoms. The zero-order valence-electron chi connectivity index (χ0n) is 34.5. The topological polar surface area (TPSA) is 16.4 Å². The van der Waals surface area contributed by atoms with Crippen LogP contribution in [0, 0.1) is 0 Å². The summed E-state index contributed by atoms with van der Waals surface area (Å²) >= 11 is 0. The molecule has 1 aliphatic rings. The van der Waals surface area contributed by atoms with Crippen LogP contribution in [0.25, 0.3) is 66.4 Å². The van der Waals surface area contributed by atoms with Crippen molar-refractivity contribution in [1.29, 1.82) is 0 Å². The molecule has 0 saturated heterocycles. The molecule has 0 amide bonds. The fraction of sp³-hybridized carbons (Fsp3) is 0.0164. The molecule has 0 radical (unpaired) electrons. The summed E-state index contributed by atoms with van der Waals surface area (Å²) in [4.78, 5) is 2.39. The maximum absolute atomic E-state index is 6.48. The van der Waals surface area contributed by atoms with Gasteiger partial charge < -0.3 is 9.32 Å². The molecule has 2 nitrogen and oxygen atoms in total.